The van der Waals surface area contributed by atoms with E-state index in [-0.39, 0.29) is 11.6 Å². The summed E-state index contributed by atoms with van der Waals surface area (Å²) in [7, 11) is 0. The van der Waals surface area contributed by atoms with Crippen LogP contribution >= 0.6 is 0 Å². The lowest BCUT2D eigenvalue weighted by Crippen LogP contribution is -2.18. The molecule has 3 aromatic rings. The lowest BCUT2D eigenvalue weighted by Gasteiger charge is -2.16. The number of aromatic nitrogens is 2. The first-order valence-electron chi connectivity index (χ1n) is 7.10. The molecule has 0 spiro atoms. The molecule has 1 aliphatic heterocycles. The molecule has 0 bridgehead atoms. The Morgan fingerprint density at radius 3 is 2.55 bits per heavy atom. The average molecular weight is 287 g/mol. The van der Waals surface area contributed by atoms with E-state index in [0.717, 1.165) is 16.8 Å². The summed E-state index contributed by atoms with van der Waals surface area (Å²) >= 11 is 0. The lowest BCUT2D eigenvalue weighted by atomic mass is 10.1. The zero-order chi connectivity index (χ0) is 14.9. The third-order valence-electron chi connectivity index (χ3n) is 3.76. The van der Waals surface area contributed by atoms with Gasteiger partial charge >= 0.3 is 0 Å². The SMILES string of the molecule is O=c1ccn2c(n1)C(c1ccccc1)N=Cc1ccccc1-2. The molecule has 0 aliphatic carbocycles. The molecule has 0 amide bonds. The van der Waals surface area contributed by atoms with Crippen molar-refractivity contribution < 1.29 is 0 Å². The Morgan fingerprint density at radius 1 is 0.909 bits per heavy atom. The van der Waals surface area contributed by atoms with E-state index in [9.17, 15) is 4.79 Å². The van der Waals surface area contributed by atoms with Gasteiger partial charge in [-0.2, -0.15) is 4.98 Å². The van der Waals surface area contributed by atoms with Gasteiger partial charge in [-0.1, -0.05) is 48.5 Å². The van der Waals surface area contributed by atoms with E-state index < -0.39 is 0 Å². The van der Waals surface area contributed by atoms with E-state index in [0.29, 0.717) is 5.82 Å². The van der Waals surface area contributed by atoms with Crippen LogP contribution in [0.25, 0.3) is 5.69 Å². The molecule has 4 rings (SSSR count). The van der Waals surface area contributed by atoms with Gasteiger partial charge in [-0.3, -0.25) is 9.79 Å². The van der Waals surface area contributed by atoms with Crippen LogP contribution in [0.5, 0.6) is 0 Å². The van der Waals surface area contributed by atoms with Gasteiger partial charge in [0, 0.05) is 24.0 Å². The van der Waals surface area contributed by atoms with Gasteiger partial charge in [0.1, 0.15) is 11.9 Å². The largest absolute Gasteiger partial charge is 0.302 e. The van der Waals surface area contributed by atoms with Crippen LogP contribution in [-0.4, -0.2) is 15.8 Å². The van der Waals surface area contributed by atoms with Crippen LogP contribution in [0.1, 0.15) is 23.0 Å². The van der Waals surface area contributed by atoms with Crippen LogP contribution in [-0.2, 0) is 0 Å². The average Bonchev–Trinajstić information content (AvgIpc) is 2.72. The normalized spacial score (nSPS) is 15.7. The van der Waals surface area contributed by atoms with Crippen molar-refractivity contribution in [1.29, 1.82) is 0 Å². The Morgan fingerprint density at radius 2 is 1.68 bits per heavy atom. The number of benzene rings is 2. The summed E-state index contributed by atoms with van der Waals surface area (Å²) in [4.78, 5) is 20.7. The molecule has 1 aromatic heterocycles. The number of rotatable bonds is 1. The predicted molar refractivity (Wildman–Crippen MR) is 85.7 cm³/mol. The number of para-hydroxylation sites is 1. The van der Waals surface area contributed by atoms with Crippen molar-refractivity contribution in [1.82, 2.24) is 9.55 Å². The van der Waals surface area contributed by atoms with E-state index in [2.05, 4.69) is 9.98 Å². The number of hydrogen-bond donors (Lipinski definition) is 0. The highest BCUT2D eigenvalue weighted by Gasteiger charge is 2.22. The highest BCUT2D eigenvalue weighted by molar-refractivity contribution is 5.85. The molecule has 1 atom stereocenters. The van der Waals surface area contributed by atoms with Gasteiger partial charge in [-0.15, -0.1) is 0 Å². The Labute approximate surface area is 127 Å². The van der Waals surface area contributed by atoms with Gasteiger partial charge in [0.25, 0.3) is 5.56 Å². The van der Waals surface area contributed by atoms with Crippen LogP contribution in [0.4, 0.5) is 0 Å². The van der Waals surface area contributed by atoms with E-state index in [4.69, 9.17) is 0 Å². The Hall–Kier alpha value is -3.01. The molecule has 1 unspecified atom stereocenters. The second-order valence-electron chi connectivity index (χ2n) is 5.14. The van der Waals surface area contributed by atoms with E-state index in [1.807, 2.05) is 65.4 Å². The summed E-state index contributed by atoms with van der Waals surface area (Å²) < 4.78 is 1.95. The van der Waals surface area contributed by atoms with Gasteiger partial charge in [0.2, 0.25) is 0 Å². The van der Waals surface area contributed by atoms with E-state index >= 15 is 0 Å². The monoisotopic (exact) mass is 287 g/mol. The minimum atomic E-state index is -0.289. The van der Waals surface area contributed by atoms with Crippen molar-refractivity contribution in [3.05, 3.63) is 94.2 Å². The van der Waals surface area contributed by atoms with E-state index in [1.54, 1.807) is 6.20 Å². The number of hydrogen-bond acceptors (Lipinski definition) is 3. The van der Waals surface area contributed by atoms with Gasteiger partial charge in [0.05, 0.1) is 5.69 Å². The highest BCUT2D eigenvalue weighted by atomic mass is 16.1. The zero-order valence-corrected chi connectivity index (χ0v) is 11.8. The fraction of sp³-hybridized carbons (Fsp3) is 0.0556. The van der Waals surface area contributed by atoms with Crippen molar-refractivity contribution in [3.8, 4) is 5.69 Å². The van der Waals surface area contributed by atoms with Crippen LogP contribution in [0.3, 0.4) is 0 Å². The minimum Gasteiger partial charge on any atom is -0.302 e. The molecule has 2 aromatic carbocycles. The van der Waals surface area contributed by atoms with Crippen LogP contribution in [0, 0.1) is 0 Å². The Balaban J connectivity index is 2.02. The molecule has 0 fully saturated rings. The third-order valence-corrected chi connectivity index (χ3v) is 3.76. The van der Waals surface area contributed by atoms with Crippen LogP contribution in [0.2, 0.25) is 0 Å². The first-order chi connectivity index (χ1) is 10.8. The molecule has 0 radical (unpaired) electrons. The highest BCUT2D eigenvalue weighted by Crippen LogP contribution is 2.29. The summed E-state index contributed by atoms with van der Waals surface area (Å²) in [5, 5.41) is 0. The molecule has 22 heavy (non-hydrogen) atoms. The summed E-state index contributed by atoms with van der Waals surface area (Å²) in [5.74, 6) is 0.639. The topological polar surface area (TPSA) is 47.2 Å². The summed E-state index contributed by atoms with van der Waals surface area (Å²) in [5.41, 5.74) is 2.75. The van der Waals surface area contributed by atoms with Gasteiger partial charge in [-0.05, 0) is 11.6 Å². The lowest BCUT2D eigenvalue weighted by molar-refractivity contribution is 0.734. The summed E-state index contributed by atoms with van der Waals surface area (Å²) in [6.45, 7) is 0. The predicted octanol–water partition coefficient (Wildman–Crippen LogP) is 2.75. The summed E-state index contributed by atoms with van der Waals surface area (Å²) in [6, 6.07) is 19.0. The molecule has 106 valence electrons. The number of fused-ring (bicyclic) bond motifs is 3. The molecule has 4 heteroatoms. The van der Waals surface area contributed by atoms with Gasteiger partial charge in [-0.25, -0.2) is 0 Å². The molecule has 0 saturated heterocycles. The molecular formula is C18H13N3O. The second kappa shape index (κ2) is 5.07. The maximum Gasteiger partial charge on any atom is 0.272 e. The maximum absolute atomic E-state index is 11.8. The van der Waals surface area contributed by atoms with Crippen molar-refractivity contribution in [2.45, 2.75) is 6.04 Å². The van der Waals surface area contributed by atoms with Crippen LogP contribution < -0.4 is 5.56 Å². The Kier molecular flexibility index (Phi) is 2.93. The summed E-state index contributed by atoms with van der Waals surface area (Å²) in [6.07, 6.45) is 3.63. The van der Waals surface area contributed by atoms with Gasteiger partial charge < -0.3 is 4.57 Å². The molecule has 0 N–H and O–H groups in total. The van der Waals surface area contributed by atoms with E-state index in [1.165, 1.54) is 6.07 Å². The maximum atomic E-state index is 11.8. The number of aliphatic imine (C=N–C) groups is 1. The third kappa shape index (κ3) is 2.05. The molecular weight excluding hydrogens is 274 g/mol. The van der Waals surface area contributed by atoms with Gasteiger partial charge in [0.15, 0.2) is 0 Å². The molecule has 2 heterocycles. The first-order valence-corrected chi connectivity index (χ1v) is 7.10. The van der Waals surface area contributed by atoms with Crippen molar-refractivity contribution in [2.75, 3.05) is 0 Å². The molecule has 0 saturated carbocycles. The number of nitrogens with zero attached hydrogens (tertiary/aromatic N) is 3. The zero-order valence-electron chi connectivity index (χ0n) is 11.8. The van der Waals surface area contributed by atoms with Crippen LogP contribution in [0.15, 0.2) is 76.6 Å². The quantitative estimate of drug-likeness (QED) is 0.691. The Bertz CT molecular complexity index is 913. The fourth-order valence-corrected chi connectivity index (χ4v) is 2.72. The van der Waals surface area contributed by atoms with Crippen molar-refractivity contribution in [2.24, 2.45) is 4.99 Å². The second-order valence-corrected chi connectivity index (χ2v) is 5.14. The smallest absolute Gasteiger partial charge is 0.272 e. The molecule has 4 nitrogen and oxygen atoms in total. The standard InChI is InChI=1S/C18H13N3O/c22-16-10-11-21-15-9-5-4-8-14(15)12-19-17(18(21)20-16)13-6-2-1-3-7-13/h1-12,17H. The molecule has 1 aliphatic rings. The van der Waals surface area contributed by atoms with Crippen molar-refractivity contribution >= 4 is 6.21 Å². The van der Waals surface area contributed by atoms with Crippen molar-refractivity contribution in [3.63, 3.8) is 0 Å². The first kappa shape index (κ1) is 12.7. The minimum absolute atomic E-state index is 0.248. The fourth-order valence-electron chi connectivity index (χ4n) is 2.72.